The standard InChI is InChI=1S/C12H22N4O2/c1-4-11-10(7-16(2)15-11)12(17)14-6-5-9(13)8-18-3/h7,9H,4-6,8,13H2,1-3H3,(H,14,17). The fourth-order valence-electron chi connectivity index (χ4n) is 1.75. The molecule has 102 valence electrons. The molecule has 3 N–H and O–H groups in total. The molecule has 1 unspecified atom stereocenters. The number of amides is 1. The smallest absolute Gasteiger partial charge is 0.254 e. The maximum Gasteiger partial charge on any atom is 0.254 e. The van der Waals surface area contributed by atoms with Crippen LogP contribution in [0.15, 0.2) is 6.20 Å². The SMILES string of the molecule is CCc1nn(C)cc1C(=O)NCCC(N)COC. The summed E-state index contributed by atoms with van der Waals surface area (Å²) in [6, 6.07) is -0.0464. The van der Waals surface area contributed by atoms with E-state index in [9.17, 15) is 4.79 Å². The van der Waals surface area contributed by atoms with Gasteiger partial charge in [-0.15, -0.1) is 0 Å². The minimum Gasteiger partial charge on any atom is -0.383 e. The van der Waals surface area contributed by atoms with Gasteiger partial charge in [0.2, 0.25) is 0 Å². The fraction of sp³-hybridized carbons (Fsp3) is 0.667. The van der Waals surface area contributed by atoms with Crippen LogP contribution in [0.4, 0.5) is 0 Å². The van der Waals surface area contributed by atoms with Crippen molar-refractivity contribution in [3.05, 3.63) is 17.5 Å². The monoisotopic (exact) mass is 254 g/mol. The van der Waals surface area contributed by atoms with Crippen LogP contribution in [-0.2, 0) is 18.2 Å². The van der Waals surface area contributed by atoms with E-state index in [2.05, 4.69) is 10.4 Å². The summed E-state index contributed by atoms with van der Waals surface area (Å²) in [4.78, 5) is 11.9. The fourth-order valence-corrected chi connectivity index (χ4v) is 1.75. The molecular weight excluding hydrogens is 232 g/mol. The molecular formula is C12H22N4O2. The van der Waals surface area contributed by atoms with E-state index < -0.39 is 0 Å². The second-order valence-corrected chi connectivity index (χ2v) is 4.28. The first-order valence-electron chi connectivity index (χ1n) is 6.13. The van der Waals surface area contributed by atoms with Crippen LogP contribution in [0, 0.1) is 0 Å². The van der Waals surface area contributed by atoms with Crippen molar-refractivity contribution in [1.82, 2.24) is 15.1 Å². The molecule has 0 fully saturated rings. The van der Waals surface area contributed by atoms with E-state index >= 15 is 0 Å². The van der Waals surface area contributed by atoms with E-state index in [1.165, 1.54) is 0 Å². The van der Waals surface area contributed by atoms with Crippen molar-refractivity contribution < 1.29 is 9.53 Å². The molecule has 1 heterocycles. The predicted molar refractivity (Wildman–Crippen MR) is 69.4 cm³/mol. The largest absolute Gasteiger partial charge is 0.383 e. The van der Waals surface area contributed by atoms with Crippen molar-refractivity contribution in [2.45, 2.75) is 25.8 Å². The minimum absolute atomic E-state index is 0.0464. The van der Waals surface area contributed by atoms with E-state index in [0.717, 1.165) is 12.1 Å². The maximum absolute atomic E-state index is 11.9. The summed E-state index contributed by atoms with van der Waals surface area (Å²) in [7, 11) is 3.42. The topological polar surface area (TPSA) is 82.2 Å². The number of rotatable bonds is 7. The molecule has 0 spiro atoms. The first kappa shape index (κ1) is 14.7. The van der Waals surface area contributed by atoms with Crippen LogP contribution in [0.3, 0.4) is 0 Å². The zero-order valence-electron chi connectivity index (χ0n) is 11.3. The van der Waals surface area contributed by atoms with Crippen LogP contribution in [-0.4, -0.2) is 42.0 Å². The quantitative estimate of drug-likeness (QED) is 0.721. The number of nitrogens with zero attached hydrogens (tertiary/aromatic N) is 2. The lowest BCUT2D eigenvalue weighted by Gasteiger charge is -2.10. The molecule has 0 aliphatic rings. The van der Waals surface area contributed by atoms with Crippen LogP contribution in [0.1, 0.15) is 29.4 Å². The third-order valence-corrected chi connectivity index (χ3v) is 2.67. The van der Waals surface area contributed by atoms with Gasteiger partial charge in [-0.05, 0) is 12.8 Å². The van der Waals surface area contributed by atoms with Crippen molar-refractivity contribution in [3.8, 4) is 0 Å². The van der Waals surface area contributed by atoms with Crippen molar-refractivity contribution in [1.29, 1.82) is 0 Å². The lowest BCUT2D eigenvalue weighted by Crippen LogP contribution is -2.33. The predicted octanol–water partition coefficient (Wildman–Crippen LogP) is 0.0761. The summed E-state index contributed by atoms with van der Waals surface area (Å²) in [5.41, 5.74) is 7.23. The van der Waals surface area contributed by atoms with Crippen LogP contribution in [0.5, 0.6) is 0 Å². The molecule has 0 aliphatic carbocycles. The Morgan fingerprint density at radius 2 is 2.39 bits per heavy atom. The third-order valence-electron chi connectivity index (χ3n) is 2.67. The van der Waals surface area contributed by atoms with E-state index in [-0.39, 0.29) is 11.9 Å². The van der Waals surface area contributed by atoms with Gasteiger partial charge in [0.1, 0.15) is 0 Å². The van der Waals surface area contributed by atoms with Gasteiger partial charge in [0.05, 0.1) is 17.9 Å². The Morgan fingerprint density at radius 1 is 1.67 bits per heavy atom. The highest BCUT2D eigenvalue weighted by Gasteiger charge is 2.14. The Hall–Kier alpha value is -1.40. The van der Waals surface area contributed by atoms with Gasteiger partial charge in [0.15, 0.2) is 0 Å². The Kier molecular flexibility index (Phi) is 5.80. The molecule has 1 aromatic heterocycles. The summed E-state index contributed by atoms with van der Waals surface area (Å²) >= 11 is 0. The summed E-state index contributed by atoms with van der Waals surface area (Å²) in [5.74, 6) is -0.0930. The van der Waals surface area contributed by atoms with Crippen LogP contribution in [0.2, 0.25) is 0 Å². The van der Waals surface area contributed by atoms with Gasteiger partial charge >= 0.3 is 0 Å². The molecule has 1 amide bonds. The number of hydrogen-bond donors (Lipinski definition) is 2. The van der Waals surface area contributed by atoms with Crippen molar-refractivity contribution in [2.24, 2.45) is 12.8 Å². The molecule has 0 radical (unpaired) electrons. The maximum atomic E-state index is 11.9. The lowest BCUT2D eigenvalue weighted by atomic mass is 10.2. The molecule has 6 heteroatoms. The van der Waals surface area contributed by atoms with Gasteiger partial charge in [0.25, 0.3) is 5.91 Å². The first-order valence-corrected chi connectivity index (χ1v) is 6.13. The minimum atomic E-state index is -0.0930. The number of aromatic nitrogens is 2. The molecule has 0 aromatic carbocycles. The number of nitrogens with one attached hydrogen (secondary N) is 1. The Balaban J connectivity index is 2.45. The highest BCUT2D eigenvalue weighted by molar-refractivity contribution is 5.95. The van der Waals surface area contributed by atoms with Gasteiger partial charge < -0.3 is 15.8 Å². The van der Waals surface area contributed by atoms with Crippen molar-refractivity contribution >= 4 is 5.91 Å². The highest BCUT2D eigenvalue weighted by atomic mass is 16.5. The van der Waals surface area contributed by atoms with E-state index in [1.807, 2.05) is 14.0 Å². The molecule has 0 saturated carbocycles. The summed E-state index contributed by atoms with van der Waals surface area (Å²) in [5, 5.41) is 7.08. The Bertz CT molecular complexity index is 389. The van der Waals surface area contributed by atoms with Gasteiger partial charge in [-0.3, -0.25) is 9.48 Å². The highest BCUT2D eigenvalue weighted by Crippen LogP contribution is 2.06. The second-order valence-electron chi connectivity index (χ2n) is 4.28. The van der Waals surface area contributed by atoms with E-state index in [1.54, 1.807) is 18.0 Å². The summed E-state index contributed by atoms with van der Waals surface area (Å²) in [6.07, 6.45) is 3.18. The molecule has 0 bridgehead atoms. The van der Waals surface area contributed by atoms with Crippen LogP contribution < -0.4 is 11.1 Å². The molecule has 0 aliphatic heterocycles. The van der Waals surface area contributed by atoms with Crippen LogP contribution >= 0.6 is 0 Å². The number of hydrogen-bond acceptors (Lipinski definition) is 4. The van der Waals surface area contributed by atoms with Gasteiger partial charge in [-0.1, -0.05) is 6.92 Å². The molecule has 18 heavy (non-hydrogen) atoms. The third kappa shape index (κ3) is 4.12. The van der Waals surface area contributed by atoms with E-state index in [4.69, 9.17) is 10.5 Å². The van der Waals surface area contributed by atoms with Gasteiger partial charge in [0, 0.05) is 32.9 Å². The summed E-state index contributed by atoms with van der Waals surface area (Å²) < 4.78 is 6.59. The number of ether oxygens (including phenoxy) is 1. The van der Waals surface area contributed by atoms with E-state index in [0.29, 0.717) is 25.1 Å². The average Bonchev–Trinajstić information content (AvgIpc) is 2.70. The first-order chi connectivity index (χ1) is 8.58. The molecule has 0 saturated heterocycles. The van der Waals surface area contributed by atoms with Crippen molar-refractivity contribution in [3.63, 3.8) is 0 Å². The molecule has 6 nitrogen and oxygen atoms in total. The zero-order valence-corrected chi connectivity index (χ0v) is 11.3. The zero-order chi connectivity index (χ0) is 13.5. The number of aryl methyl sites for hydroxylation is 2. The van der Waals surface area contributed by atoms with Gasteiger partial charge in [-0.2, -0.15) is 5.10 Å². The normalized spacial score (nSPS) is 12.4. The number of nitrogens with two attached hydrogens (primary N) is 1. The molecule has 1 rings (SSSR count). The van der Waals surface area contributed by atoms with Crippen molar-refractivity contribution in [2.75, 3.05) is 20.3 Å². The average molecular weight is 254 g/mol. The number of carbonyl (C=O) groups is 1. The molecule has 1 aromatic rings. The number of carbonyl (C=O) groups excluding carboxylic acids is 1. The van der Waals surface area contributed by atoms with Crippen LogP contribution in [0.25, 0.3) is 0 Å². The molecule has 1 atom stereocenters. The Morgan fingerprint density at radius 3 is 3.00 bits per heavy atom. The Labute approximate surface area is 107 Å². The summed E-state index contributed by atoms with van der Waals surface area (Å²) in [6.45, 7) is 3.03. The second kappa shape index (κ2) is 7.13. The van der Waals surface area contributed by atoms with Gasteiger partial charge in [-0.25, -0.2) is 0 Å². The number of methoxy groups -OCH3 is 1. The lowest BCUT2D eigenvalue weighted by molar-refractivity contribution is 0.0949.